The third kappa shape index (κ3) is 5.31. The summed E-state index contributed by atoms with van der Waals surface area (Å²) in [5.41, 5.74) is 1.93. The number of fused-ring (bicyclic) bond motifs is 1. The number of aromatic amines is 1. The van der Waals surface area contributed by atoms with Crippen LogP contribution in [0, 0.1) is 5.82 Å². The number of nitrogens with zero attached hydrogens (tertiary/aromatic N) is 3. The Labute approximate surface area is 252 Å². The molecule has 0 saturated heterocycles. The Morgan fingerprint density at radius 1 is 1.00 bits per heavy atom. The van der Waals surface area contributed by atoms with Crippen LogP contribution in [0.15, 0.2) is 91.7 Å². The van der Waals surface area contributed by atoms with E-state index >= 15 is 0 Å². The highest BCUT2D eigenvalue weighted by Crippen LogP contribution is 2.30. The van der Waals surface area contributed by atoms with Crippen molar-refractivity contribution in [2.45, 2.75) is 26.4 Å². The van der Waals surface area contributed by atoms with Crippen molar-refractivity contribution in [2.75, 3.05) is 7.11 Å². The number of carbonyl (C=O) groups excluding carboxylic acids is 1. The molecule has 222 valence electrons. The zero-order chi connectivity index (χ0) is 31.0. The molecule has 0 aliphatic heterocycles. The van der Waals surface area contributed by atoms with Crippen LogP contribution in [0.25, 0.3) is 32.7 Å². The molecule has 6 rings (SSSR count). The van der Waals surface area contributed by atoms with E-state index < -0.39 is 35.2 Å². The molecule has 10 nitrogen and oxygen atoms in total. The van der Waals surface area contributed by atoms with Crippen LogP contribution in [0.2, 0.25) is 0 Å². The Morgan fingerprint density at radius 3 is 2.41 bits per heavy atom. The number of thiophene rings is 1. The van der Waals surface area contributed by atoms with Crippen molar-refractivity contribution in [1.82, 2.24) is 19.3 Å². The number of hydrogen-bond donors (Lipinski definition) is 1. The lowest BCUT2D eigenvalue weighted by molar-refractivity contribution is 0.0968. The number of halogens is 1. The number of Topliss-reactive ketones (excluding diaryl/α,β-unsaturated/α-hetero) is 1. The van der Waals surface area contributed by atoms with Crippen molar-refractivity contribution >= 4 is 27.3 Å². The number of methoxy groups -OCH3 is 1. The maximum Gasteiger partial charge on any atom is 0.439 e. The molecule has 1 N–H and O–H groups in total. The standard InChI is InChI=1S/C32H25FN4O6S/c1-3-21-15-24-29(39)36(17-26(38)20-12-13-27(42-2)25(33)14-20)32(41)37(30(24)44-21)16-18-8-10-19(11-9-18)22-6-4-5-7-23(22)28-34-31(40)43-35-28/h4-15H,3,16-17H2,1-2H3,(H,34,35,40). The first-order valence-electron chi connectivity index (χ1n) is 13.6. The SMILES string of the molecule is CCc1cc2c(=O)n(CC(=O)c3ccc(OC)c(F)c3)c(=O)n(Cc3ccc(-c4ccccc4-c4noc(=O)[nH]4)cc3)c2s1. The topological polar surface area (TPSA) is 129 Å². The van der Waals surface area contributed by atoms with Gasteiger partial charge in [-0.1, -0.05) is 60.6 Å². The quantitative estimate of drug-likeness (QED) is 0.231. The number of hydrogen-bond acceptors (Lipinski definition) is 8. The van der Waals surface area contributed by atoms with E-state index in [1.54, 1.807) is 6.07 Å². The van der Waals surface area contributed by atoms with Gasteiger partial charge in [-0.15, -0.1) is 11.3 Å². The molecular formula is C32H25FN4O6S. The first-order valence-corrected chi connectivity index (χ1v) is 14.5. The predicted octanol–water partition coefficient (Wildman–Crippen LogP) is 4.88. The number of aromatic nitrogens is 4. The summed E-state index contributed by atoms with van der Waals surface area (Å²) in [5, 5.41) is 4.14. The van der Waals surface area contributed by atoms with E-state index in [4.69, 9.17) is 4.74 Å². The second kappa shape index (κ2) is 11.7. The van der Waals surface area contributed by atoms with Crippen LogP contribution in [0.1, 0.15) is 27.7 Å². The van der Waals surface area contributed by atoms with Crippen molar-refractivity contribution in [2.24, 2.45) is 0 Å². The molecule has 6 aromatic rings. The highest BCUT2D eigenvalue weighted by atomic mass is 32.1. The molecule has 0 fully saturated rings. The molecule has 0 spiro atoms. The highest BCUT2D eigenvalue weighted by Gasteiger charge is 2.20. The molecule has 3 aromatic carbocycles. The Balaban J connectivity index is 1.37. The Bertz CT molecular complexity index is 2210. The number of ketones is 1. The summed E-state index contributed by atoms with van der Waals surface area (Å²) in [7, 11) is 1.32. The minimum atomic E-state index is -0.718. The van der Waals surface area contributed by atoms with Gasteiger partial charge in [0.1, 0.15) is 4.83 Å². The molecule has 0 radical (unpaired) electrons. The van der Waals surface area contributed by atoms with Crippen LogP contribution in [0.4, 0.5) is 4.39 Å². The molecule has 0 amide bonds. The molecule has 0 bridgehead atoms. The van der Waals surface area contributed by atoms with Gasteiger partial charge in [0.2, 0.25) is 0 Å². The summed E-state index contributed by atoms with van der Waals surface area (Å²) in [6, 6.07) is 20.4. The highest BCUT2D eigenvalue weighted by molar-refractivity contribution is 7.18. The van der Waals surface area contributed by atoms with Crippen LogP contribution in [-0.4, -0.2) is 32.2 Å². The Kier molecular flexibility index (Phi) is 7.66. The van der Waals surface area contributed by atoms with E-state index in [1.807, 2.05) is 55.5 Å². The van der Waals surface area contributed by atoms with Crippen LogP contribution >= 0.6 is 11.3 Å². The smallest absolute Gasteiger partial charge is 0.439 e. The Hall–Kier alpha value is -5.36. The zero-order valence-corrected chi connectivity index (χ0v) is 24.4. The molecular weight excluding hydrogens is 587 g/mol. The van der Waals surface area contributed by atoms with Crippen molar-refractivity contribution < 1.29 is 18.4 Å². The molecule has 0 aliphatic carbocycles. The van der Waals surface area contributed by atoms with E-state index in [2.05, 4.69) is 14.7 Å². The summed E-state index contributed by atoms with van der Waals surface area (Å²) >= 11 is 1.36. The number of nitrogens with one attached hydrogen (secondary N) is 1. The number of benzene rings is 3. The second-order valence-electron chi connectivity index (χ2n) is 10.0. The van der Waals surface area contributed by atoms with Gasteiger partial charge < -0.3 is 4.74 Å². The van der Waals surface area contributed by atoms with Gasteiger partial charge in [-0.2, -0.15) is 0 Å². The Morgan fingerprint density at radius 2 is 1.75 bits per heavy atom. The third-order valence-corrected chi connectivity index (χ3v) is 8.60. The van der Waals surface area contributed by atoms with Crippen LogP contribution in [0.5, 0.6) is 5.75 Å². The van der Waals surface area contributed by atoms with Crippen LogP contribution in [-0.2, 0) is 19.5 Å². The van der Waals surface area contributed by atoms with Gasteiger partial charge in [-0.05, 0) is 47.4 Å². The average molecular weight is 613 g/mol. The number of rotatable bonds is 9. The van der Waals surface area contributed by atoms with Gasteiger partial charge in [-0.3, -0.25) is 28.2 Å². The van der Waals surface area contributed by atoms with Crippen LogP contribution < -0.4 is 21.7 Å². The summed E-state index contributed by atoms with van der Waals surface area (Å²) in [5.74, 6) is -1.66. The van der Waals surface area contributed by atoms with Gasteiger partial charge >= 0.3 is 11.4 Å². The molecule has 0 atom stereocenters. The average Bonchev–Trinajstić information content (AvgIpc) is 3.68. The van der Waals surface area contributed by atoms with Crippen molar-refractivity contribution in [3.8, 4) is 28.3 Å². The fourth-order valence-corrected chi connectivity index (χ4v) is 6.12. The zero-order valence-electron chi connectivity index (χ0n) is 23.6. The first-order chi connectivity index (χ1) is 21.3. The monoisotopic (exact) mass is 612 g/mol. The maximum absolute atomic E-state index is 14.3. The predicted molar refractivity (Wildman–Crippen MR) is 164 cm³/mol. The summed E-state index contributed by atoms with van der Waals surface area (Å²) < 4.78 is 26.3. The lowest BCUT2D eigenvalue weighted by Crippen LogP contribution is -2.41. The minimum Gasteiger partial charge on any atom is -0.494 e. The van der Waals surface area contributed by atoms with E-state index in [0.717, 1.165) is 32.2 Å². The largest absolute Gasteiger partial charge is 0.494 e. The molecule has 12 heteroatoms. The summed E-state index contributed by atoms with van der Waals surface area (Å²) in [6.07, 6.45) is 0.669. The van der Waals surface area contributed by atoms with Gasteiger partial charge in [0, 0.05) is 16.0 Å². The van der Waals surface area contributed by atoms with Gasteiger partial charge in [0.25, 0.3) is 5.56 Å². The normalized spacial score (nSPS) is 11.2. The fraction of sp³-hybridized carbons (Fsp3) is 0.156. The third-order valence-electron chi connectivity index (χ3n) is 7.30. The molecule has 3 heterocycles. The summed E-state index contributed by atoms with van der Waals surface area (Å²) in [4.78, 5) is 55.8. The van der Waals surface area contributed by atoms with E-state index in [9.17, 15) is 23.6 Å². The van der Waals surface area contributed by atoms with E-state index in [1.165, 1.54) is 35.1 Å². The van der Waals surface area contributed by atoms with Crippen molar-refractivity contribution in [1.29, 1.82) is 0 Å². The molecule has 0 aliphatic rings. The number of H-pyrrole nitrogens is 1. The van der Waals surface area contributed by atoms with E-state index in [-0.39, 0.29) is 17.9 Å². The van der Waals surface area contributed by atoms with Gasteiger partial charge in [-0.25, -0.2) is 14.0 Å². The number of aryl methyl sites for hydroxylation is 1. The molecule has 0 unspecified atom stereocenters. The van der Waals surface area contributed by atoms with Crippen molar-refractivity contribution in [3.05, 3.63) is 126 Å². The maximum atomic E-state index is 14.3. The lowest BCUT2D eigenvalue weighted by atomic mass is 9.98. The van der Waals surface area contributed by atoms with Gasteiger partial charge in [0.05, 0.1) is 25.6 Å². The number of ether oxygens (including phenoxy) is 1. The molecule has 44 heavy (non-hydrogen) atoms. The molecule has 0 saturated carbocycles. The minimum absolute atomic E-state index is 0.0181. The number of carbonyl (C=O) groups is 1. The molecule has 3 aromatic heterocycles. The van der Waals surface area contributed by atoms with Gasteiger partial charge in [0.15, 0.2) is 23.2 Å². The lowest BCUT2D eigenvalue weighted by Gasteiger charge is -2.13. The van der Waals surface area contributed by atoms with E-state index in [0.29, 0.717) is 28.0 Å². The van der Waals surface area contributed by atoms with Crippen LogP contribution in [0.3, 0.4) is 0 Å². The van der Waals surface area contributed by atoms with Crippen molar-refractivity contribution in [3.63, 3.8) is 0 Å². The first kappa shape index (κ1) is 28.7. The second-order valence-corrected chi connectivity index (χ2v) is 11.1. The summed E-state index contributed by atoms with van der Waals surface area (Å²) in [6.45, 7) is 1.55. The fourth-order valence-electron chi connectivity index (χ4n) is 5.04.